The molecule has 4 N–H and O–H groups in total. The van der Waals surface area contributed by atoms with Crippen LogP contribution in [0.2, 0.25) is 0 Å². The molecule has 10 heavy (non-hydrogen) atoms. The Hall–Kier alpha value is -0.200. The highest BCUT2D eigenvalue weighted by atomic mass is 16.6. The van der Waals surface area contributed by atoms with Crippen LogP contribution in [0.4, 0.5) is 0 Å². The Morgan fingerprint density at radius 3 is 2.60 bits per heavy atom. The molecule has 0 spiro atoms. The fraction of sp³-hybridized carbons (Fsp3) is 1.00. The van der Waals surface area contributed by atoms with Gasteiger partial charge in [0.1, 0.15) is 6.10 Å². The van der Waals surface area contributed by atoms with Gasteiger partial charge in [0.15, 0.2) is 0 Å². The van der Waals surface area contributed by atoms with Crippen LogP contribution in [0, 0.1) is 0 Å². The smallest absolute Gasteiger partial charge is 0.102 e. The van der Waals surface area contributed by atoms with Crippen molar-refractivity contribution in [3.05, 3.63) is 0 Å². The van der Waals surface area contributed by atoms with E-state index in [9.17, 15) is 0 Å². The van der Waals surface area contributed by atoms with Gasteiger partial charge in [0.25, 0.3) is 0 Å². The van der Waals surface area contributed by atoms with E-state index in [1.807, 2.05) is 0 Å². The summed E-state index contributed by atoms with van der Waals surface area (Å²) >= 11 is 0. The minimum atomic E-state index is -0.855. The third-order valence-corrected chi connectivity index (χ3v) is 0.802. The molecule has 62 valence electrons. The SMILES string of the molecule is OCCNOCC(O)CO. The summed E-state index contributed by atoms with van der Waals surface area (Å²) < 4.78 is 0. The molecule has 5 heteroatoms. The maximum atomic E-state index is 8.68. The Morgan fingerprint density at radius 2 is 2.10 bits per heavy atom. The van der Waals surface area contributed by atoms with Gasteiger partial charge in [-0.15, -0.1) is 0 Å². The zero-order valence-electron chi connectivity index (χ0n) is 5.66. The van der Waals surface area contributed by atoms with Crippen molar-refractivity contribution in [3.8, 4) is 0 Å². The van der Waals surface area contributed by atoms with Crippen molar-refractivity contribution in [1.29, 1.82) is 0 Å². The summed E-state index contributed by atoms with van der Waals surface area (Å²) in [5.74, 6) is 0. The van der Waals surface area contributed by atoms with Gasteiger partial charge in [-0.2, -0.15) is 0 Å². The fourth-order valence-corrected chi connectivity index (χ4v) is 0.326. The first kappa shape index (κ1) is 9.80. The zero-order valence-corrected chi connectivity index (χ0v) is 5.66. The lowest BCUT2D eigenvalue weighted by Gasteiger charge is -2.07. The van der Waals surface area contributed by atoms with Gasteiger partial charge in [-0.3, -0.25) is 4.84 Å². The molecule has 0 aliphatic rings. The van der Waals surface area contributed by atoms with Crippen molar-refractivity contribution >= 4 is 0 Å². The molecule has 1 atom stereocenters. The highest BCUT2D eigenvalue weighted by molar-refractivity contribution is 4.46. The average Bonchev–Trinajstić information content (AvgIpc) is 1.98. The number of rotatable bonds is 6. The lowest BCUT2D eigenvalue weighted by Crippen LogP contribution is -2.27. The first-order chi connectivity index (χ1) is 4.81. The third-order valence-electron chi connectivity index (χ3n) is 0.802. The van der Waals surface area contributed by atoms with Gasteiger partial charge >= 0.3 is 0 Å². The van der Waals surface area contributed by atoms with Crippen molar-refractivity contribution in [1.82, 2.24) is 5.48 Å². The van der Waals surface area contributed by atoms with Crippen molar-refractivity contribution in [2.24, 2.45) is 0 Å². The van der Waals surface area contributed by atoms with Gasteiger partial charge < -0.3 is 15.3 Å². The molecule has 0 rings (SSSR count). The van der Waals surface area contributed by atoms with Gasteiger partial charge in [-0.25, -0.2) is 5.48 Å². The summed E-state index contributed by atoms with van der Waals surface area (Å²) in [4.78, 5) is 4.61. The molecule has 0 saturated heterocycles. The van der Waals surface area contributed by atoms with Crippen molar-refractivity contribution < 1.29 is 20.2 Å². The number of nitrogens with one attached hydrogen (secondary N) is 1. The summed E-state index contributed by atoms with van der Waals surface area (Å²) in [5, 5.41) is 25.2. The number of hydroxylamine groups is 1. The van der Waals surface area contributed by atoms with E-state index < -0.39 is 6.10 Å². The van der Waals surface area contributed by atoms with E-state index in [0.717, 1.165) is 0 Å². The average molecular weight is 151 g/mol. The number of aliphatic hydroxyl groups excluding tert-OH is 3. The van der Waals surface area contributed by atoms with Crippen LogP contribution in [-0.4, -0.2) is 47.8 Å². The Balaban J connectivity index is 2.89. The standard InChI is InChI=1S/C5H13NO4/c7-2-1-6-10-4-5(9)3-8/h5-9H,1-4H2. The van der Waals surface area contributed by atoms with Crippen molar-refractivity contribution in [2.45, 2.75) is 6.10 Å². The van der Waals surface area contributed by atoms with E-state index in [4.69, 9.17) is 15.3 Å². The lowest BCUT2D eigenvalue weighted by atomic mass is 10.4. The van der Waals surface area contributed by atoms with Crippen LogP contribution in [-0.2, 0) is 4.84 Å². The molecule has 0 heterocycles. The molecule has 0 fully saturated rings. The molecule has 5 nitrogen and oxygen atoms in total. The van der Waals surface area contributed by atoms with E-state index in [-0.39, 0.29) is 19.8 Å². The Labute approximate surface area is 59.2 Å². The molecule has 0 aromatic heterocycles. The molecule has 0 saturated carbocycles. The van der Waals surface area contributed by atoms with Crippen molar-refractivity contribution in [3.63, 3.8) is 0 Å². The van der Waals surface area contributed by atoms with E-state index in [2.05, 4.69) is 10.3 Å². The fourth-order valence-electron chi connectivity index (χ4n) is 0.326. The van der Waals surface area contributed by atoms with Gasteiger partial charge in [-0.1, -0.05) is 0 Å². The van der Waals surface area contributed by atoms with Gasteiger partial charge in [0, 0.05) is 6.54 Å². The van der Waals surface area contributed by atoms with Crippen LogP contribution >= 0.6 is 0 Å². The van der Waals surface area contributed by atoms with E-state index >= 15 is 0 Å². The summed E-state index contributed by atoms with van der Waals surface area (Å²) in [6.45, 7) is 0.00464. The second-order valence-corrected chi connectivity index (χ2v) is 1.77. The molecule has 0 aromatic rings. The van der Waals surface area contributed by atoms with Gasteiger partial charge in [0.05, 0.1) is 19.8 Å². The largest absolute Gasteiger partial charge is 0.395 e. The quantitative estimate of drug-likeness (QED) is 0.257. The van der Waals surface area contributed by atoms with Gasteiger partial charge in [-0.05, 0) is 0 Å². The second kappa shape index (κ2) is 6.91. The minimum Gasteiger partial charge on any atom is -0.395 e. The highest BCUT2D eigenvalue weighted by Crippen LogP contribution is 1.78. The lowest BCUT2D eigenvalue weighted by molar-refractivity contribution is -0.0401. The van der Waals surface area contributed by atoms with E-state index in [0.29, 0.717) is 6.54 Å². The number of hydrogen-bond acceptors (Lipinski definition) is 5. The van der Waals surface area contributed by atoms with E-state index in [1.54, 1.807) is 0 Å². The predicted octanol–water partition coefficient (Wildman–Crippen LogP) is -2.15. The number of aliphatic hydroxyl groups is 3. The maximum absolute atomic E-state index is 8.68. The normalized spacial score (nSPS) is 13.5. The minimum absolute atomic E-state index is 0.0186. The van der Waals surface area contributed by atoms with Crippen LogP contribution in [0.15, 0.2) is 0 Å². The molecule has 0 aromatic carbocycles. The first-order valence-corrected chi connectivity index (χ1v) is 3.05. The molecular formula is C5H13NO4. The van der Waals surface area contributed by atoms with Crippen LogP contribution in [0.5, 0.6) is 0 Å². The predicted molar refractivity (Wildman–Crippen MR) is 34.1 cm³/mol. The molecule has 0 bridgehead atoms. The molecule has 0 radical (unpaired) electrons. The second-order valence-electron chi connectivity index (χ2n) is 1.77. The summed E-state index contributed by atoms with van der Waals surface area (Å²) in [5.41, 5.74) is 2.38. The summed E-state index contributed by atoms with van der Waals surface area (Å²) in [6, 6.07) is 0. The van der Waals surface area contributed by atoms with Crippen LogP contribution in [0.3, 0.4) is 0 Å². The van der Waals surface area contributed by atoms with Crippen LogP contribution < -0.4 is 5.48 Å². The monoisotopic (exact) mass is 151 g/mol. The van der Waals surface area contributed by atoms with Gasteiger partial charge in [0.2, 0.25) is 0 Å². The number of hydrogen-bond donors (Lipinski definition) is 4. The van der Waals surface area contributed by atoms with Crippen molar-refractivity contribution in [2.75, 3.05) is 26.4 Å². The topological polar surface area (TPSA) is 82.0 Å². The maximum Gasteiger partial charge on any atom is 0.102 e. The Bertz CT molecular complexity index is 70.7. The Kier molecular flexibility index (Phi) is 6.78. The Morgan fingerprint density at radius 1 is 1.40 bits per heavy atom. The van der Waals surface area contributed by atoms with Crippen LogP contribution in [0.1, 0.15) is 0 Å². The third kappa shape index (κ3) is 5.93. The first-order valence-electron chi connectivity index (χ1n) is 3.05. The molecule has 1 unspecified atom stereocenters. The molecule has 0 amide bonds. The molecular weight excluding hydrogens is 138 g/mol. The summed E-state index contributed by atoms with van der Waals surface area (Å²) in [6.07, 6.45) is -0.855. The van der Waals surface area contributed by atoms with E-state index in [1.165, 1.54) is 0 Å². The molecule has 0 aliphatic carbocycles. The zero-order chi connectivity index (χ0) is 7.82. The van der Waals surface area contributed by atoms with Crippen LogP contribution in [0.25, 0.3) is 0 Å². The summed E-state index contributed by atoms with van der Waals surface area (Å²) in [7, 11) is 0. The highest BCUT2D eigenvalue weighted by Gasteiger charge is 1.99. The molecule has 0 aliphatic heterocycles.